The molecule has 1 aromatic heterocycles. The van der Waals surface area contributed by atoms with Crippen molar-refractivity contribution in [2.75, 3.05) is 13.6 Å². The first kappa shape index (κ1) is 18.4. The summed E-state index contributed by atoms with van der Waals surface area (Å²) in [5.74, 6) is -0.283. The van der Waals surface area contributed by atoms with Crippen LogP contribution in [0.4, 0.5) is 0 Å². The van der Waals surface area contributed by atoms with Crippen molar-refractivity contribution in [3.63, 3.8) is 0 Å². The average molecular weight is 366 g/mol. The van der Waals surface area contributed by atoms with Crippen LogP contribution in [0.5, 0.6) is 0 Å². The predicted octanol–water partition coefficient (Wildman–Crippen LogP) is 2.16. The smallest absolute Gasteiger partial charge is 0.264 e. The molecular formula is C17H20ClN3O2S. The van der Waals surface area contributed by atoms with Gasteiger partial charge in [0.15, 0.2) is 0 Å². The Balaban J connectivity index is 0.00000208. The minimum Gasteiger partial charge on any atom is -0.350 e. The molecule has 2 heterocycles. The first-order valence-electron chi connectivity index (χ1n) is 7.50. The molecule has 0 fully saturated rings. The van der Waals surface area contributed by atoms with E-state index in [1.165, 1.54) is 27.4 Å². The number of nitrogens with zero attached hydrogens (tertiary/aromatic N) is 1. The number of benzene rings is 1. The van der Waals surface area contributed by atoms with E-state index in [0.717, 1.165) is 18.7 Å². The third-order valence-corrected chi connectivity index (χ3v) is 4.71. The molecule has 0 atom stereocenters. The number of fused-ring (bicyclic) bond motifs is 1. The highest BCUT2D eigenvalue weighted by molar-refractivity contribution is 7.12. The summed E-state index contributed by atoms with van der Waals surface area (Å²) in [4.78, 5) is 26.2. The summed E-state index contributed by atoms with van der Waals surface area (Å²) in [6.07, 6.45) is 0. The Bertz CT molecular complexity index is 719. The van der Waals surface area contributed by atoms with Crippen molar-refractivity contribution in [3.05, 3.63) is 57.3 Å². The van der Waals surface area contributed by atoms with Gasteiger partial charge >= 0.3 is 0 Å². The van der Waals surface area contributed by atoms with E-state index in [0.29, 0.717) is 11.4 Å². The molecule has 0 spiro atoms. The molecule has 0 saturated heterocycles. The molecule has 0 saturated carbocycles. The SMILES string of the molecule is CN(CC(=O)NCc1ccc2c(c1)CNC2)C(=O)c1cccs1.Cl. The lowest BCUT2D eigenvalue weighted by atomic mass is 10.1. The van der Waals surface area contributed by atoms with Crippen molar-refractivity contribution in [1.29, 1.82) is 0 Å². The van der Waals surface area contributed by atoms with Crippen molar-refractivity contribution < 1.29 is 9.59 Å². The van der Waals surface area contributed by atoms with Gasteiger partial charge in [-0.05, 0) is 28.1 Å². The van der Waals surface area contributed by atoms with Crippen LogP contribution in [0.1, 0.15) is 26.4 Å². The first-order valence-corrected chi connectivity index (χ1v) is 8.38. The Morgan fingerprint density at radius 1 is 1.25 bits per heavy atom. The summed E-state index contributed by atoms with van der Waals surface area (Å²) in [7, 11) is 1.64. The second-order valence-electron chi connectivity index (χ2n) is 5.62. The normalized spacial score (nSPS) is 12.2. The van der Waals surface area contributed by atoms with E-state index in [4.69, 9.17) is 0 Å². The number of carbonyl (C=O) groups excluding carboxylic acids is 2. The minimum absolute atomic E-state index is 0. The summed E-state index contributed by atoms with van der Waals surface area (Å²) >= 11 is 1.38. The Hall–Kier alpha value is -1.89. The van der Waals surface area contributed by atoms with E-state index in [2.05, 4.69) is 22.8 Å². The van der Waals surface area contributed by atoms with Crippen LogP contribution in [0, 0.1) is 0 Å². The van der Waals surface area contributed by atoms with Crippen LogP contribution >= 0.6 is 23.7 Å². The van der Waals surface area contributed by atoms with Gasteiger partial charge in [0, 0.05) is 26.7 Å². The van der Waals surface area contributed by atoms with Crippen molar-refractivity contribution in [2.45, 2.75) is 19.6 Å². The maximum atomic E-state index is 12.1. The van der Waals surface area contributed by atoms with Gasteiger partial charge in [-0.15, -0.1) is 23.7 Å². The molecule has 1 aliphatic heterocycles. The number of rotatable bonds is 5. The maximum absolute atomic E-state index is 12.1. The summed E-state index contributed by atoms with van der Waals surface area (Å²) in [6.45, 7) is 2.34. The van der Waals surface area contributed by atoms with Crippen LogP contribution in [-0.4, -0.2) is 30.3 Å². The third kappa shape index (κ3) is 4.35. The first-order chi connectivity index (χ1) is 11.1. The average Bonchev–Trinajstić information content (AvgIpc) is 3.22. The van der Waals surface area contributed by atoms with E-state index < -0.39 is 0 Å². The number of carbonyl (C=O) groups is 2. The molecule has 0 radical (unpaired) electrons. The molecule has 0 unspecified atom stereocenters. The standard InChI is InChI=1S/C17H19N3O2S.ClH/c1-20(17(22)15-3-2-6-23-15)11-16(21)19-8-12-4-5-13-9-18-10-14(13)7-12;/h2-7,18H,8-11H2,1H3,(H,19,21);1H. The van der Waals surface area contributed by atoms with E-state index >= 15 is 0 Å². The Labute approximate surface area is 151 Å². The van der Waals surface area contributed by atoms with Gasteiger partial charge in [-0.3, -0.25) is 9.59 Å². The van der Waals surface area contributed by atoms with E-state index in [-0.39, 0.29) is 30.8 Å². The number of hydrogen-bond donors (Lipinski definition) is 2. The molecule has 1 aromatic carbocycles. The summed E-state index contributed by atoms with van der Waals surface area (Å²) in [5.41, 5.74) is 3.69. The third-order valence-electron chi connectivity index (χ3n) is 3.85. The number of halogens is 1. The minimum atomic E-state index is -0.156. The Kier molecular flexibility index (Phi) is 6.36. The van der Waals surface area contributed by atoms with E-state index in [1.54, 1.807) is 13.1 Å². The zero-order valence-corrected chi connectivity index (χ0v) is 15.0. The van der Waals surface area contributed by atoms with Crippen LogP contribution in [0.2, 0.25) is 0 Å². The summed E-state index contributed by atoms with van der Waals surface area (Å²) in [6, 6.07) is 9.85. The van der Waals surface area contributed by atoms with Gasteiger partial charge < -0.3 is 15.5 Å². The highest BCUT2D eigenvalue weighted by Crippen LogP contribution is 2.17. The molecule has 5 nitrogen and oxygen atoms in total. The van der Waals surface area contributed by atoms with Crippen LogP contribution in [0.15, 0.2) is 35.7 Å². The van der Waals surface area contributed by atoms with Crippen LogP contribution < -0.4 is 10.6 Å². The largest absolute Gasteiger partial charge is 0.350 e. The van der Waals surface area contributed by atoms with Crippen molar-refractivity contribution >= 4 is 35.6 Å². The van der Waals surface area contributed by atoms with Crippen molar-refractivity contribution in [3.8, 4) is 0 Å². The number of hydrogen-bond acceptors (Lipinski definition) is 4. The maximum Gasteiger partial charge on any atom is 0.264 e. The fourth-order valence-electron chi connectivity index (χ4n) is 2.59. The lowest BCUT2D eigenvalue weighted by Gasteiger charge is -2.16. The van der Waals surface area contributed by atoms with Crippen molar-refractivity contribution in [2.24, 2.45) is 0 Å². The molecule has 2 amide bonds. The fraction of sp³-hybridized carbons (Fsp3) is 0.294. The van der Waals surface area contributed by atoms with Crippen LogP contribution in [0.25, 0.3) is 0 Å². The highest BCUT2D eigenvalue weighted by atomic mass is 35.5. The fourth-order valence-corrected chi connectivity index (χ4v) is 3.31. The predicted molar refractivity (Wildman–Crippen MR) is 97.4 cm³/mol. The second kappa shape index (κ2) is 8.28. The van der Waals surface area contributed by atoms with Gasteiger partial charge in [0.25, 0.3) is 5.91 Å². The van der Waals surface area contributed by atoms with Gasteiger partial charge in [-0.2, -0.15) is 0 Å². The van der Waals surface area contributed by atoms with Gasteiger partial charge in [0.05, 0.1) is 11.4 Å². The Morgan fingerprint density at radius 3 is 2.79 bits per heavy atom. The molecule has 128 valence electrons. The number of thiophene rings is 1. The number of likely N-dealkylation sites (N-methyl/N-ethyl adjacent to an activating group) is 1. The molecule has 7 heteroatoms. The topological polar surface area (TPSA) is 61.4 Å². The molecule has 0 aliphatic carbocycles. The zero-order valence-electron chi connectivity index (χ0n) is 13.4. The van der Waals surface area contributed by atoms with Gasteiger partial charge in [-0.25, -0.2) is 0 Å². The van der Waals surface area contributed by atoms with Crippen molar-refractivity contribution in [1.82, 2.24) is 15.5 Å². The molecule has 2 aromatic rings. The molecule has 3 rings (SSSR count). The second-order valence-corrected chi connectivity index (χ2v) is 6.57. The number of amides is 2. The zero-order chi connectivity index (χ0) is 16.2. The van der Waals surface area contributed by atoms with Gasteiger partial charge in [0.1, 0.15) is 0 Å². The van der Waals surface area contributed by atoms with Gasteiger partial charge in [0.2, 0.25) is 5.91 Å². The van der Waals surface area contributed by atoms with Gasteiger partial charge in [-0.1, -0.05) is 24.3 Å². The monoisotopic (exact) mass is 365 g/mol. The quantitative estimate of drug-likeness (QED) is 0.853. The molecule has 2 N–H and O–H groups in total. The molecule has 1 aliphatic rings. The van der Waals surface area contributed by atoms with E-state index in [9.17, 15) is 9.59 Å². The summed E-state index contributed by atoms with van der Waals surface area (Å²) < 4.78 is 0. The number of nitrogens with one attached hydrogen (secondary N) is 2. The molecule has 0 bridgehead atoms. The Morgan fingerprint density at radius 2 is 2.04 bits per heavy atom. The lowest BCUT2D eigenvalue weighted by Crippen LogP contribution is -2.37. The molecule has 24 heavy (non-hydrogen) atoms. The lowest BCUT2D eigenvalue weighted by molar-refractivity contribution is -0.121. The highest BCUT2D eigenvalue weighted by Gasteiger charge is 2.16. The summed E-state index contributed by atoms with van der Waals surface area (Å²) in [5, 5.41) is 8.02. The molecular weight excluding hydrogens is 346 g/mol. The van der Waals surface area contributed by atoms with Crippen LogP contribution in [0.3, 0.4) is 0 Å². The van der Waals surface area contributed by atoms with Crippen LogP contribution in [-0.2, 0) is 24.4 Å². The van der Waals surface area contributed by atoms with E-state index in [1.807, 2.05) is 17.5 Å².